The molecule has 0 aliphatic heterocycles. The second-order valence-electron chi connectivity index (χ2n) is 10.4. The van der Waals surface area contributed by atoms with Crippen molar-refractivity contribution in [2.24, 2.45) is 11.1 Å². The Morgan fingerprint density at radius 2 is 0.679 bits per heavy atom. The van der Waals surface area contributed by atoms with Gasteiger partial charge in [0.2, 0.25) is 0 Å². The van der Waals surface area contributed by atoms with Crippen molar-refractivity contribution in [2.75, 3.05) is 0 Å². The van der Waals surface area contributed by atoms with Crippen LogP contribution in [0.15, 0.2) is 0 Å². The normalized spacial score (nSPS) is 14.4. The van der Waals surface area contributed by atoms with Crippen LogP contribution in [0.5, 0.6) is 0 Å². The first-order chi connectivity index (χ1) is 13.4. The van der Waals surface area contributed by atoms with Crippen LogP contribution in [-0.2, 0) is 0 Å². The Balaban J connectivity index is 3.64. The van der Waals surface area contributed by atoms with Crippen LogP contribution in [0.4, 0.5) is 0 Å². The van der Waals surface area contributed by atoms with E-state index in [4.69, 9.17) is 5.73 Å². The molecule has 0 spiro atoms. The van der Waals surface area contributed by atoms with Crippen LogP contribution in [0, 0.1) is 5.41 Å². The third kappa shape index (κ3) is 14.9. The van der Waals surface area contributed by atoms with Crippen LogP contribution >= 0.6 is 0 Å². The molecule has 0 rings (SSSR count). The number of unbranched alkanes of at least 4 members (excludes halogenated alkanes) is 16. The number of hydrogen-bond acceptors (Lipinski definition) is 1. The third-order valence-electron chi connectivity index (χ3n) is 7.22. The maximum Gasteiger partial charge on any atom is 0.0151 e. The van der Waals surface area contributed by atoms with Crippen LogP contribution in [0.1, 0.15) is 163 Å². The summed E-state index contributed by atoms with van der Waals surface area (Å²) in [4.78, 5) is 0. The van der Waals surface area contributed by atoms with Gasteiger partial charge in [0.25, 0.3) is 0 Å². The average molecular weight is 396 g/mol. The van der Waals surface area contributed by atoms with Gasteiger partial charge >= 0.3 is 0 Å². The van der Waals surface area contributed by atoms with E-state index >= 15 is 0 Å². The number of nitrogens with two attached hydrogens (primary N) is 1. The Hall–Kier alpha value is -0.0400. The first-order valence-electron chi connectivity index (χ1n) is 13.2. The molecule has 0 heterocycles. The van der Waals surface area contributed by atoms with E-state index in [-0.39, 0.29) is 5.54 Å². The van der Waals surface area contributed by atoms with E-state index in [0.717, 1.165) is 0 Å². The molecule has 2 N–H and O–H groups in total. The van der Waals surface area contributed by atoms with Gasteiger partial charge in [-0.15, -0.1) is 0 Å². The maximum absolute atomic E-state index is 6.58. The van der Waals surface area contributed by atoms with Crippen molar-refractivity contribution in [1.82, 2.24) is 0 Å². The van der Waals surface area contributed by atoms with E-state index in [0.29, 0.717) is 5.41 Å². The van der Waals surface area contributed by atoms with Gasteiger partial charge in [0, 0.05) is 5.54 Å². The highest BCUT2D eigenvalue weighted by molar-refractivity contribution is 4.93. The zero-order valence-electron chi connectivity index (χ0n) is 20.7. The molecule has 0 aromatic carbocycles. The van der Waals surface area contributed by atoms with Crippen molar-refractivity contribution in [2.45, 2.75) is 169 Å². The summed E-state index contributed by atoms with van der Waals surface area (Å²) in [7, 11) is 0. The second kappa shape index (κ2) is 17.8. The Morgan fingerprint density at radius 3 is 0.964 bits per heavy atom. The van der Waals surface area contributed by atoms with Gasteiger partial charge in [-0.3, -0.25) is 0 Å². The summed E-state index contributed by atoms with van der Waals surface area (Å²) in [5.41, 5.74) is 6.83. The van der Waals surface area contributed by atoms with Crippen LogP contribution in [-0.4, -0.2) is 5.54 Å². The van der Waals surface area contributed by atoms with E-state index in [2.05, 4.69) is 34.6 Å². The molecule has 0 bridgehead atoms. The van der Waals surface area contributed by atoms with Gasteiger partial charge in [-0.05, 0) is 32.1 Å². The van der Waals surface area contributed by atoms with E-state index in [1.807, 2.05) is 0 Å². The summed E-state index contributed by atoms with van der Waals surface area (Å²) in [6.45, 7) is 11.5. The van der Waals surface area contributed by atoms with Gasteiger partial charge < -0.3 is 5.73 Å². The molecular weight excluding hydrogens is 338 g/mol. The summed E-state index contributed by atoms with van der Waals surface area (Å²) < 4.78 is 0. The lowest BCUT2D eigenvalue weighted by Gasteiger charge is -2.42. The molecule has 0 saturated carbocycles. The molecule has 1 nitrogen and oxygen atoms in total. The largest absolute Gasteiger partial charge is 0.325 e. The van der Waals surface area contributed by atoms with Gasteiger partial charge in [0.05, 0.1) is 0 Å². The molecule has 28 heavy (non-hydrogen) atoms. The molecule has 0 fully saturated rings. The monoisotopic (exact) mass is 395 g/mol. The zero-order valence-corrected chi connectivity index (χ0v) is 20.7. The highest BCUT2D eigenvalue weighted by Gasteiger charge is 2.36. The third-order valence-corrected chi connectivity index (χ3v) is 7.22. The number of hydrogen-bond donors (Lipinski definition) is 1. The maximum atomic E-state index is 6.58. The van der Waals surface area contributed by atoms with Gasteiger partial charge in [-0.2, -0.15) is 0 Å². The minimum absolute atomic E-state index is 0.0598. The van der Waals surface area contributed by atoms with Crippen LogP contribution in [0.25, 0.3) is 0 Å². The Kier molecular flexibility index (Phi) is 17.8. The topological polar surface area (TPSA) is 26.0 Å². The predicted octanol–water partition coefficient (Wildman–Crippen LogP) is 9.57. The Labute approximate surface area is 180 Å². The van der Waals surface area contributed by atoms with Crippen molar-refractivity contribution < 1.29 is 0 Å². The Morgan fingerprint density at radius 1 is 0.429 bits per heavy atom. The van der Waals surface area contributed by atoms with Crippen molar-refractivity contribution in [3.63, 3.8) is 0 Å². The van der Waals surface area contributed by atoms with Gasteiger partial charge in [-0.1, -0.05) is 136 Å². The van der Waals surface area contributed by atoms with Gasteiger partial charge in [0.1, 0.15) is 0 Å². The molecule has 0 saturated heterocycles. The fraction of sp³-hybridized carbons (Fsp3) is 1.00. The molecule has 170 valence electrons. The van der Waals surface area contributed by atoms with E-state index in [9.17, 15) is 0 Å². The van der Waals surface area contributed by atoms with Crippen LogP contribution < -0.4 is 5.73 Å². The van der Waals surface area contributed by atoms with Crippen LogP contribution in [0.3, 0.4) is 0 Å². The zero-order chi connectivity index (χ0) is 21.1. The molecule has 0 aliphatic carbocycles. The first-order valence-corrected chi connectivity index (χ1v) is 13.2. The summed E-state index contributed by atoms with van der Waals surface area (Å²) in [6.07, 6.45) is 28.1. The summed E-state index contributed by atoms with van der Waals surface area (Å²) >= 11 is 0. The standard InChI is InChI=1S/C27H57N/c1-6-8-10-12-13-14-15-16-17-18-19-20-21-23-25-27(5,26(3,4)28)24-22-11-9-7-2/h6-25,28H2,1-5H3. The number of rotatable bonds is 21. The van der Waals surface area contributed by atoms with E-state index in [1.54, 1.807) is 0 Å². The average Bonchev–Trinajstić information content (AvgIpc) is 2.64. The summed E-state index contributed by atoms with van der Waals surface area (Å²) in [5.74, 6) is 0. The molecule has 0 aliphatic rings. The molecule has 1 heteroatoms. The van der Waals surface area contributed by atoms with E-state index < -0.39 is 0 Å². The molecule has 0 radical (unpaired) electrons. The Bertz CT molecular complexity index is 317. The smallest absolute Gasteiger partial charge is 0.0151 e. The van der Waals surface area contributed by atoms with Crippen molar-refractivity contribution in [3.8, 4) is 0 Å². The fourth-order valence-electron chi connectivity index (χ4n) is 4.42. The SMILES string of the molecule is CCCCCCCCCCCCCCCCC(C)(CCCCCC)C(C)(C)N. The fourth-order valence-corrected chi connectivity index (χ4v) is 4.42. The van der Waals surface area contributed by atoms with Crippen molar-refractivity contribution in [3.05, 3.63) is 0 Å². The lowest BCUT2D eigenvalue weighted by molar-refractivity contribution is 0.135. The van der Waals surface area contributed by atoms with Gasteiger partial charge in [-0.25, -0.2) is 0 Å². The molecule has 1 atom stereocenters. The molecule has 0 aromatic heterocycles. The highest BCUT2D eigenvalue weighted by Crippen LogP contribution is 2.39. The predicted molar refractivity (Wildman–Crippen MR) is 130 cm³/mol. The highest BCUT2D eigenvalue weighted by atomic mass is 14.8. The quantitative estimate of drug-likeness (QED) is 0.192. The lowest BCUT2D eigenvalue weighted by atomic mass is 9.67. The van der Waals surface area contributed by atoms with Crippen molar-refractivity contribution >= 4 is 0 Å². The van der Waals surface area contributed by atoms with Crippen LogP contribution in [0.2, 0.25) is 0 Å². The molecule has 0 aromatic rings. The molecule has 0 amide bonds. The molecular formula is C27H57N. The minimum Gasteiger partial charge on any atom is -0.325 e. The minimum atomic E-state index is -0.0598. The summed E-state index contributed by atoms with van der Waals surface area (Å²) in [6, 6.07) is 0. The molecule has 1 unspecified atom stereocenters. The first kappa shape index (κ1) is 28.0. The second-order valence-corrected chi connectivity index (χ2v) is 10.4. The summed E-state index contributed by atoms with van der Waals surface area (Å²) in [5, 5.41) is 0. The van der Waals surface area contributed by atoms with E-state index in [1.165, 1.54) is 128 Å². The van der Waals surface area contributed by atoms with Crippen molar-refractivity contribution in [1.29, 1.82) is 0 Å². The lowest BCUT2D eigenvalue weighted by Crippen LogP contribution is -2.49. The van der Waals surface area contributed by atoms with Gasteiger partial charge in [0.15, 0.2) is 0 Å².